The molecule has 7 nitrogen and oxygen atoms in total. The molecule has 0 saturated heterocycles. The molecule has 0 bridgehead atoms. The molecule has 4 N–H and O–H groups in total. The van der Waals surface area contributed by atoms with Gasteiger partial charge >= 0.3 is 6.03 Å². The minimum atomic E-state index is -0.502. The topological polar surface area (TPSA) is 121 Å². The molecule has 1 amide bonds. The molecule has 0 spiro atoms. The molecule has 0 aliphatic heterocycles. The Balaban J connectivity index is 1.96. The fourth-order valence-corrected chi connectivity index (χ4v) is 2.41. The summed E-state index contributed by atoms with van der Waals surface area (Å²) in [5.74, 6) is -0.0266. The lowest BCUT2D eigenvalue weighted by Crippen LogP contribution is -2.37. The number of nitrogens with zero attached hydrogens (tertiary/aromatic N) is 3. The van der Waals surface area contributed by atoms with Crippen molar-refractivity contribution in [3.05, 3.63) is 65.1 Å². The number of hydrogen-bond acceptors (Lipinski definition) is 5. The van der Waals surface area contributed by atoms with E-state index in [1.165, 1.54) is 4.57 Å². The highest BCUT2D eigenvalue weighted by atomic mass is 16.2. The van der Waals surface area contributed by atoms with Crippen LogP contribution in [-0.4, -0.2) is 15.6 Å². The molecule has 118 valence electrons. The lowest BCUT2D eigenvalue weighted by molar-refractivity contribution is 0.242. The van der Waals surface area contributed by atoms with Crippen LogP contribution in [0.4, 0.5) is 10.6 Å². The Labute approximate surface area is 137 Å². The number of hydrogen-bond donors (Lipinski definition) is 3. The SMILES string of the molecule is N#Cc1ccccc1CNC(=O)n1c(=N)c(N)nc2ccccc21. The highest BCUT2D eigenvalue weighted by Crippen LogP contribution is 2.11. The van der Waals surface area contributed by atoms with Crippen molar-refractivity contribution in [2.45, 2.75) is 6.54 Å². The second-order valence-corrected chi connectivity index (χ2v) is 5.10. The van der Waals surface area contributed by atoms with Crippen molar-refractivity contribution in [3.8, 4) is 6.07 Å². The summed E-state index contributed by atoms with van der Waals surface area (Å²) in [7, 11) is 0. The lowest BCUT2D eigenvalue weighted by Gasteiger charge is -2.12. The summed E-state index contributed by atoms with van der Waals surface area (Å²) in [6, 6.07) is 15.6. The quantitative estimate of drug-likeness (QED) is 0.666. The number of rotatable bonds is 2. The Bertz CT molecular complexity index is 1030. The Morgan fingerprint density at radius 1 is 1.25 bits per heavy atom. The van der Waals surface area contributed by atoms with Crippen molar-refractivity contribution < 1.29 is 4.79 Å². The molecule has 7 heteroatoms. The van der Waals surface area contributed by atoms with Crippen molar-refractivity contribution in [3.63, 3.8) is 0 Å². The zero-order valence-electron chi connectivity index (χ0n) is 12.7. The van der Waals surface area contributed by atoms with Crippen LogP contribution in [0, 0.1) is 16.7 Å². The van der Waals surface area contributed by atoms with Gasteiger partial charge in [0, 0.05) is 6.54 Å². The summed E-state index contributed by atoms with van der Waals surface area (Å²) < 4.78 is 1.17. The molecule has 0 aliphatic carbocycles. The molecule has 0 aliphatic rings. The van der Waals surface area contributed by atoms with Crippen LogP contribution in [-0.2, 0) is 6.54 Å². The van der Waals surface area contributed by atoms with Crippen molar-refractivity contribution in [1.82, 2.24) is 14.9 Å². The summed E-state index contributed by atoms with van der Waals surface area (Å²) >= 11 is 0. The predicted molar refractivity (Wildman–Crippen MR) is 88.8 cm³/mol. The number of anilines is 1. The van der Waals surface area contributed by atoms with Crippen LogP contribution in [0.5, 0.6) is 0 Å². The molecule has 0 unspecified atom stereocenters. The van der Waals surface area contributed by atoms with E-state index in [-0.39, 0.29) is 17.9 Å². The summed E-state index contributed by atoms with van der Waals surface area (Å²) in [4.78, 5) is 16.7. The highest BCUT2D eigenvalue weighted by Gasteiger charge is 2.13. The first-order chi connectivity index (χ1) is 11.6. The van der Waals surface area contributed by atoms with Crippen molar-refractivity contribution in [2.75, 3.05) is 5.73 Å². The minimum Gasteiger partial charge on any atom is -0.381 e. The zero-order chi connectivity index (χ0) is 17.1. The fourth-order valence-electron chi connectivity index (χ4n) is 2.41. The van der Waals surface area contributed by atoms with Gasteiger partial charge in [0.2, 0.25) is 0 Å². The number of benzene rings is 2. The van der Waals surface area contributed by atoms with E-state index in [2.05, 4.69) is 16.4 Å². The van der Waals surface area contributed by atoms with Gasteiger partial charge in [-0.3, -0.25) is 5.41 Å². The maximum absolute atomic E-state index is 12.6. The Morgan fingerprint density at radius 2 is 1.96 bits per heavy atom. The van der Waals surface area contributed by atoms with Gasteiger partial charge in [-0.05, 0) is 23.8 Å². The van der Waals surface area contributed by atoms with Crippen molar-refractivity contribution >= 4 is 22.9 Å². The molecule has 0 fully saturated rings. The van der Waals surface area contributed by atoms with Crippen LogP contribution in [0.2, 0.25) is 0 Å². The van der Waals surface area contributed by atoms with Gasteiger partial charge in [0.15, 0.2) is 11.3 Å². The number of para-hydroxylation sites is 2. The first kappa shape index (κ1) is 15.2. The Hall–Kier alpha value is -3.66. The summed E-state index contributed by atoms with van der Waals surface area (Å²) in [5.41, 5.74) is 7.76. The van der Waals surface area contributed by atoms with E-state index in [9.17, 15) is 4.79 Å². The van der Waals surface area contributed by atoms with Crippen LogP contribution in [0.15, 0.2) is 48.5 Å². The number of fused-ring (bicyclic) bond motifs is 1. The third-order valence-electron chi connectivity index (χ3n) is 3.60. The van der Waals surface area contributed by atoms with Crippen LogP contribution in [0.3, 0.4) is 0 Å². The number of aromatic nitrogens is 2. The number of amides is 1. The van der Waals surface area contributed by atoms with Crippen LogP contribution >= 0.6 is 0 Å². The molecule has 1 heterocycles. The smallest absolute Gasteiger partial charge is 0.328 e. The van der Waals surface area contributed by atoms with E-state index < -0.39 is 6.03 Å². The summed E-state index contributed by atoms with van der Waals surface area (Å²) in [5, 5.41) is 19.9. The Kier molecular flexibility index (Phi) is 3.95. The number of carbonyl (C=O) groups excluding carboxylic acids is 1. The monoisotopic (exact) mass is 318 g/mol. The number of nitrogens with two attached hydrogens (primary N) is 1. The third-order valence-corrected chi connectivity index (χ3v) is 3.60. The van der Waals surface area contributed by atoms with Gasteiger partial charge in [0.05, 0.1) is 22.7 Å². The van der Waals surface area contributed by atoms with E-state index in [1.807, 2.05) is 0 Å². The molecule has 3 rings (SSSR count). The van der Waals surface area contributed by atoms with E-state index in [4.69, 9.17) is 16.4 Å². The number of nitrogens with one attached hydrogen (secondary N) is 2. The normalized spacial score (nSPS) is 10.3. The minimum absolute atomic E-state index is 0.0266. The second-order valence-electron chi connectivity index (χ2n) is 5.10. The predicted octanol–water partition coefficient (Wildman–Crippen LogP) is 1.73. The first-order valence-electron chi connectivity index (χ1n) is 7.20. The lowest BCUT2D eigenvalue weighted by atomic mass is 10.1. The van der Waals surface area contributed by atoms with Gasteiger partial charge in [-0.1, -0.05) is 30.3 Å². The average Bonchev–Trinajstić information content (AvgIpc) is 2.61. The number of carbonyl (C=O) groups is 1. The second kappa shape index (κ2) is 6.22. The van der Waals surface area contributed by atoms with E-state index in [0.717, 1.165) is 0 Å². The van der Waals surface area contributed by atoms with E-state index >= 15 is 0 Å². The van der Waals surface area contributed by atoms with Crippen LogP contribution in [0.25, 0.3) is 11.0 Å². The van der Waals surface area contributed by atoms with Gasteiger partial charge in [-0.25, -0.2) is 14.3 Å². The molecule has 3 aromatic rings. The molecular formula is C17H14N6O. The van der Waals surface area contributed by atoms with Gasteiger partial charge in [0.1, 0.15) is 0 Å². The van der Waals surface area contributed by atoms with Crippen LogP contribution in [0.1, 0.15) is 11.1 Å². The standard InChI is InChI=1S/C17H14N6O/c18-9-11-5-1-2-6-12(11)10-21-17(24)23-14-8-4-3-7-13(14)22-15(19)16(23)20/h1-8,20H,10H2,(H2,19,22)(H,21,24). The van der Waals surface area contributed by atoms with Gasteiger partial charge < -0.3 is 11.1 Å². The zero-order valence-corrected chi connectivity index (χ0v) is 12.7. The average molecular weight is 318 g/mol. The first-order valence-corrected chi connectivity index (χ1v) is 7.20. The molecule has 0 atom stereocenters. The molecule has 24 heavy (non-hydrogen) atoms. The largest absolute Gasteiger partial charge is 0.381 e. The van der Waals surface area contributed by atoms with Gasteiger partial charge in [-0.2, -0.15) is 5.26 Å². The van der Waals surface area contributed by atoms with Crippen molar-refractivity contribution in [2.24, 2.45) is 0 Å². The Morgan fingerprint density at radius 3 is 2.75 bits per heavy atom. The number of nitrogen functional groups attached to an aromatic ring is 1. The molecule has 1 aromatic heterocycles. The fraction of sp³-hybridized carbons (Fsp3) is 0.0588. The van der Waals surface area contributed by atoms with E-state index in [0.29, 0.717) is 22.2 Å². The number of nitriles is 1. The van der Waals surface area contributed by atoms with Gasteiger partial charge in [0.25, 0.3) is 0 Å². The molecular weight excluding hydrogens is 304 g/mol. The maximum atomic E-state index is 12.6. The molecule has 0 radical (unpaired) electrons. The van der Waals surface area contributed by atoms with Crippen LogP contribution < -0.4 is 16.5 Å². The highest BCUT2D eigenvalue weighted by molar-refractivity contribution is 5.89. The van der Waals surface area contributed by atoms with E-state index in [1.54, 1.807) is 48.5 Å². The third kappa shape index (κ3) is 2.68. The molecule has 2 aromatic carbocycles. The summed E-state index contributed by atoms with van der Waals surface area (Å²) in [6.07, 6.45) is 0. The van der Waals surface area contributed by atoms with Gasteiger partial charge in [-0.15, -0.1) is 0 Å². The summed E-state index contributed by atoms with van der Waals surface area (Å²) in [6.45, 7) is 0.172. The van der Waals surface area contributed by atoms with Crippen molar-refractivity contribution in [1.29, 1.82) is 10.7 Å². The molecule has 0 saturated carbocycles. The maximum Gasteiger partial charge on any atom is 0.328 e.